The third-order valence-corrected chi connectivity index (χ3v) is 4.34. The molecule has 1 aromatic heterocycles. The van der Waals surface area contributed by atoms with Crippen LogP contribution in [0.4, 0.5) is 0 Å². The van der Waals surface area contributed by atoms with Gasteiger partial charge < -0.3 is 14.6 Å². The highest BCUT2D eigenvalue weighted by Gasteiger charge is 2.28. The van der Waals surface area contributed by atoms with Gasteiger partial charge >= 0.3 is 0 Å². The van der Waals surface area contributed by atoms with Crippen molar-refractivity contribution in [2.45, 2.75) is 26.1 Å². The first kappa shape index (κ1) is 16.5. The number of rotatable bonds is 5. The van der Waals surface area contributed by atoms with Crippen LogP contribution in [-0.2, 0) is 4.74 Å². The molecule has 0 spiro atoms. The van der Waals surface area contributed by atoms with Gasteiger partial charge in [0.2, 0.25) is 6.29 Å². The summed E-state index contributed by atoms with van der Waals surface area (Å²) in [4.78, 5) is 9.27. The van der Waals surface area contributed by atoms with Gasteiger partial charge in [0.1, 0.15) is 11.5 Å². The Morgan fingerprint density at radius 2 is 1.92 bits per heavy atom. The third kappa shape index (κ3) is 3.13. The van der Waals surface area contributed by atoms with E-state index in [0.717, 1.165) is 41.0 Å². The van der Waals surface area contributed by atoms with Crippen LogP contribution in [0.25, 0.3) is 22.6 Å². The van der Waals surface area contributed by atoms with Crippen LogP contribution in [0, 0.1) is 0 Å². The lowest BCUT2D eigenvalue weighted by Gasteiger charge is -2.27. The van der Waals surface area contributed by atoms with Crippen molar-refractivity contribution in [3.8, 4) is 34.1 Å². The van der Waals surface area contributed by atoms with Crippen molar-refractivity contribution < 1.29 is 14.6 Å². The van der Waals surface area contributed by atoms with Gasteiger partial charge in [0.15, 0.2) is 5.82 Å². The maximum atomic E-state index is 9.49. The summed E-state index contributed by atoms with van der Waals surface area (Å²) in [5, 5.41) is 9.49. The molecule has 3 aromatic rings. The van der Waals surface area contributed by atoms with Gasteiger partial charge in [-0.1, -0.05) is 25.5 Å². The number of para-hydroxylation sites is 1. The minimum Gasteiger partial charge on any atom is -0.508 e. The van der Waals surface area contributed by atoms with Crippen LogP contribution in [0.5, 0.6) is 11.5 Å². The van der Waals surface area contributed by atoms with E-state index < -0.39 is 6.29 Å². The maximum absolute atomic E-state index is 9.49. The molecule has 0 fully saturated rings. The monoisotopic (exact) mass is 348 g/mol. The van der Waals surface area contributed by atoms with Crippen LogP contribution in [0.2, 0.25) is 0 Å². The van der Waals surface area contributed by atoms with Crippen molar-refractivity contribution in [2.24, 2.45) is 0 Å². The minimum absolute atomic E-state index is 0.217. The summed E-state index contributed by atoms with van der Waals surface area (Å²) >= 11 is 0. The van der Waals surface area contributed by atoms with E-state index >= 15 is 0 Å². The third-order valence-electron chi connectivity index (χ3n) is 4.34. The second-order valence-electron chi connectivity index (χ2n) is 6.21. The van der Waals surface area contributed by atoms with Gasteiger partial charge in [0.05, 0.1) is 17.9 Å². The number of aromatic nitrogens is 2. The summed E-state index contributed by atoms with van der Waals surface area (Å²) in [5.41, 5.74) is 3.44. The molecule has 1 N–H and O–H groups in total. The van der Waals surface area contributed by atoms with Crippen molar-refractivity contribution in [3.63, 3.8) is 0 Å². The van der Waals surface area contributed by atoms with Gasteiger partial charge in [-0.3, -0.25) is 0 Å². The second kappa shape index (κ2) is 7.14. The van der Waals surface area contributed by atoms with Crippen molar-refractivity contribution in [2.75, 3.05) is 6.61 Å². The topological polar surface area (TPSA) is 64.5 Å². The number of aromatic hydroxyl groups is 1. The van der Waals surface area contributed by atoms with E-state index in [1.165, 1.54) is 0 Å². The van der Waals surface area contributed by atoms with E-state index in [4.69, 9.17) is 14.5 Å². The molecular weight excluding hydrogens is 328 g/mol. The summed E-state index contributed by atoms with van der Waals surface area (Å²) in [7, 11) is 0. The molecule has 0 saturated carbocycles. The quantitative estimate of drug-likeness (QED) is 0.676. The molecule has 1 aliphatic heterocycles. The normalized spacial score (nSPS) is 15.0. The highest BCUT2D eigenvalue weighted by molar-refractivity contribution is 5.73. The zero-order valence-electron chi connectivity index (χ0n) is 14.6. The smallest absolute Gasteiger partial charge is 0.230 e. The van der Waals surface area contributed by atoms with E-state index in [0.29, 0.717) is 12.4 Å². The van der Waals surface area contributed by atoms with E-state index in [1.54, 1.807) is 30.5 Å². The lowest BCUT2D eigenvalue weighted by atomic mass is 10.0. The van der Waals surface area contributed by atoms with E-state index in [1.807, 2.05) is 24.3 Å². The highest BCUT2D eigenvalue weighted by atomic mass is 16.7. The van der Waals surface area contributed by atoms with Gasteiger partial charge in [-0.2, -0.15) is 0 Å². The van der Waals surface area contributed by atoms with Crippen LogP contribution in [0.15, 0.2) is 54.7 Å². The number of phenolic OH excluding ortho intramolecular Hbond substituents is 1. The van der Waals surface area contributed by atoms with Crippen LogP contribution in [0.1, 0.15) is 31.6 Å². The molecule has 4 rings (SSSR count). The maximum Gasteiger partial charge on any atom is 0.230 e. The Kier molecular flexibility index (Phi) is 4.54. The fourth-order valence-electron chi connectivity index (χ4n) is 2.93. The molecule has 2 heterocycles. The zero-order valence-corrected chi connectivity index (χ0v) is 14.6. The molecule has 5 heteroatoms. The Morgan fingerprint density at radius 1 is 1.12 bits per heavy atom. The molecule has 0 saturated heterocycles. The van der Waals surface area contributed by atoms with Crippen molar-refractivity contribution in [1.82, 2.24) is 9.97 Å². The molecule has 26 heavy (non-hydrogen) atoms. The molecule has 5 nitrogen and oxygen atoms in total. The fraction of sp³-hybridized carbons (Fsp3) is 0.238. The van der Waals surface area contributed by atoms with Crippen LogP contribution in [0.3, 0.4) is 0 Å². The van der Waals surface area contributed by atoms with E-state index in [2.05, 4.69) is 11.9 Å². The van der Waals surface area contributed by atoms with Gasteiger partial charge in [0, 0.05) is 17.3 Å². The number of nitrogens with zero attached hydrogens (tertiary/aromatic N) is 2. The number of hydrogen-bond donors (Lipinski definition) is 1. The summed E-state index contributed by atoms with van der Waals surface area (Å²) in [6.07, 6.45) is 3.31. The standard InChI is InChI=1S/C21H20N2O3/c1-2-3-12-25-21-17-13-22-20(14-8-10-15(24)11-9-14)23-19(17)16-6-4-5-7-18(16)26-21/h4-11,13,21,24H,2-3,12H2,1H3. The average molecular weight is 348 g/mol. The molecular formula is C21H20N2O3. The predicted octanol–water partition coefficient (Wildman–Crippen LogP) is 4.72. The van der Waals surface area contributed by atoms with Crippen molar-refractivity contribution in [3.05, 3.63) is 60.3 Å². The van der Waals surface area contributed by atoms with E-state index in [9.17, 15) is 5.11 Å². The number of benzene rings is 2. The van der Waals surface area contributed by atoms with Gasteiger partial charge in [-0.05, 0) is 42.8 Å². The van der Waals surface area contributed by atoms with Crippen LogP contribution < -0.4 is 4.74 Å². The molecule has 1 unspecified atom stereocenters. The van der Waals surface area contributed by atoms with Crippen LogP contribution in [-0.4, -0.2) is 21.7 Å². The van der Waals surface area contributed by atoms with Gasteiger partial charge in [0.25, 0.3) is 0 Å². The molecule has 0 amide bonds. The predicted molar refractivity (Wildman–Crippen MR) is 98.8 cm³/mol. The lowest BCUT2D eigenvalue weighted by Crippen LogP contribution is -2.19. The molecule has 0 radical (unpaired) electrons. The second-order valence-corrected chi connectivity index (χ2v) is 6.21. The molecule has 1 aliphatic rings. The Bertz CT molecular complexity index is 909. The van der Waals surface area contributed by atoms with Crippen molar-refractivity contribution in [1.29, 1.82) is 0 Å². The highest BCUT2D eigenvalue weighted by Crippen LogP contribution is 2.41. The fourth-order valence-corrected chi connectivity index (χ4v) is 2.93. The summed E-state index contributed by atoms with van der Waals surface area (Å²) < 4.78 is 12.0. The molecule has 0 bridgehead atoms. The average Bonchev–Trinajstić information content (AvgIpc) is 2.68. The lowest BCUT2D eigenvalue weighted by molar-refractivity contribution is -0.0861. The largest absolute Gasteiger partial charge is 0.508 e. The number of unbranched alkanes of at least 4 members (excludes halogenated alkanes) is 1. The minimum atomic E-state index is -0.500. The first-order chi connectivity index (χ1) is 12.8. The molecule has 132 valence electrons. The molecule has 1 atom stereocenters. The zero-order chi connectivity index (χ0) is 17.9. The Morgan fingerprint density at radius 3 is 2.73 bits per heavy atom. The number of hydrogen-bond acceptors (Lipinski definition) is 5. The summed E-state index contributed by atoms with van der Waals surface area (Å²) in [5.74, 6) is 1.58. The number of ether oxygens (including phenoxy) is 2. The van der Waals surface area contributed by atoms with Gasteiger partial charge in [-0.15, -0.1) is 0 Å². The SMILES string of the molecule is CCCCOC1Oc2ccccc2-c2nc(-c3ccc(O)cc3)ncc21. The number of fused-ring (bicyclic) bond motifs is 3. The van der Waals surface area contributed by atoms with Gasteiger partial charge in [-0.25, -0.2) is 9.97 Å². The first-order valence-electron chi connectivity index (χ1n) is 8.80. The summed E-state index contributed by atoms with van der Waals surface area (Å²) in [6.45, 7) is 2.75. The Labute approximate surface area is 152 Å². The van der Waals surface area contributed by atoms with E-state index in [-0.39, 0.29) is 5.75 Å². The number of phenols is 1. The first-order valence-corrected chi connectivity index (χ1v) is 8.80. The van der Waals surface area contributed by atoms with Crippen LogP contribution >= 0.6 is 0 Å². The Balaban J connectivity index is 1.76. The molecule has 2 aromatic carbocycles. The summed E-state index contributed by atoms with van der Waals surface area (Å²) in [6, 6.07) is 14.7. The molecule has 0 aliphatic carbocycles. The Hall–Kier alpha value is -2.92. The van der Waals surface area contributed by atoms with Crippen molar-refractivity contribution >= 4 is 0 Å².